The number of amides is 3. The van der Waals surface area contributed by atoms with Crippen LogP contribution in [0.25, 0.3) is 0 Å². The zero-order valence-corrected chi connectivity index (χ0v) is 37.7. The van der Waals surface area contributed by atoms with Crippen LogP contribution in [-0.4, -0.2) is 116 Å². The smallest absolute Gasteiger partial charge is 0.329 e. The molecule has 0 saturated carbocycles. The highest BCUT2D eigenvalue weighted by atomic mass is 16.6. The lowest BCUT2D eigenvalue weighted by Gasteiger charge is -2.41. The van der Waals surface area contributed by atoms with E-state index in [1.165, 1.54) is 0 Å². The molecule has 0 aromatic heterocycles. The average molecular weight is 801 g/mol. The van der Waals surface area contributed by atoms with Crippen LogP contribution in [-0.2, 0) is 44.6 Å². The monoisotopic (exact) mass is 801 g/mol. The van der Waals surface area contributed by atoms with Gasteiger partial charge in [0.15, 0.2) is 5.78 Å². The zero-order chi connectivity index (χ0) is 43.4. The predicted octanol–water partition coefficient (Wildman–Crippen LogP) is 5.84. The summed E-state index contributed by atoms with van der Waals surface area (Å²) in [6.07, 6.45) is 1.18. The molecule has 1 aromatic carbocycles. The first kappa shape index (κ1) is 49.8. The van der Waals surface area contributed by atoms with Crippen LogP contribution < -0.4 is 10.6 Å². The van der Waals surface area contributed by atoms with Crippen molar-refractivity contribution in [3.63, 3.8) is 0 Å². The number of benzene rings is 1. The Bertz CT molecular complexity index is 1450. The summed E-state index contributed by atoms with van der Waals surface area (Å²) in [6, 6.07) is 7.21. The summed E-state index contributed by atoms with van der Waals surface area (Å²) in [6.45, 7) is 21.1. The fraction of sp³-hybridized carbons (Fsp3) is 0.756. The molecule has 2 N–H and O–H groups in total. The number of carbonyl (C=O) groups is 5. The van der Waals surface area contributed by atoms with E-state index in [2.05, 4.69) is 24.5 Å². The molecule has 1 aromatic rings. The van der Waals surface area contributed by atoms with Crippen LogP contribution >= 0.6 is 0 Å². The fourth-order valence-electron chi connectivity index (χ4n) is 8.42. The van der Waals surface area contributed by atoms with Crippen molar-refractivity contribution >= 4 is 29.5 Å². The van der Waals surface area contributed by atoms with E-state index in [1.54, 1.807) is 60.9 Å². The molecule has 0 bridgehead atoms. The maximum absolute atomic E-state index is 14.5. The number of ether oxygens (including phenoxy) is 3. The highest BCUT2D eigenvalue weighted by Crippen LogP contribution is 2.33. The minimum Gasteiger partial charge on any atom is -0.458 e. The number of esters is 1. The average Bonchev–Trinajstić information content (AvgIpc) is 3.53. The van der Waals surface area contributed by atoms with E-state index in [-0.39, 0.29) is 72.6 Å². The molecular weight excluding hydrogens is 725 g/mol. The van der Waals surface area contributed by atoms with E-state index < -0.39 is 53.7 Å². The maximum Gasteiger partial charge on any atom is 0.329 e. The molecule has 0 radical (unpaired) electrons. The predicted molar refractivity (Wildman–Crippen MR) is 224 cm³/mol. The molecule has 0 unspecified atom stereocenters. The number of methoxy groups -OCH3 is 2. The first-order valence-corrected chi connectivity index (χ1v) is 21.0. The minimum atomic E-state index is -0.924. The summed E-state index contributed by atoms with van der Waals surface area (Å²) >= 11 is 0. The van der Waals surface area contributed by atoms with Gasteiger partial charge in [0.1, 0.15) is 11.6 Å². The summed E-state index contributed by atoms with van der Waals surface area (Å²) in [5.74, 6) is -2.45. The standard InChI is InChI=1S/C45H76N4O8/c1-16-29(6)40(48(13)43(53)33(27(2)3)25-36(50)39(46-12)28(4)5)37(55-14)26-38(51)49-30(7)22-23-35(49)41(56-15)31(8)42(52)47-34(44(54)57-45(9,10)11)24-32-20-18-17-19-21-32/h17-21,27-31,33-35,37,39-41,46H,16,22-26H2,1-15H3,(H,47,52)/t29-,30-,31+,33-,34-,35-,37+,39-,40-,41+/m0/s1. The Balaban J connectivity index is 2.36. The lowest BCUT2D eigenvalue weighted by molar-refractivity contribution is -0.159. The first-order chi connectivity index (χ1) is 26.6. The Morgan fingerprint density at radius 1 is 0.912 bits per heavy atom. The minimum absolute atomic E-state index is 0.00716. The SMILES string of the molecule is CC[C@H](C)[C@@H]([C@@H](CC(=O)N1[C@@H](C)CC[C@H]1[C@H](OC)[C@@H](C)C(=O)N[C@@H](Cc1ccccc1)C(=O)OC(C)(C)C)OC)N(C)C(=O)[C@@H](CC(=O)[C@@H](NC)C(C)C)C(C)C. The number of likely N-dealkylation sites (N-methyl/N-ethyl adjacent to an activating group) is 2. The Morgan fingerprint density at radius 2 is 1.53 bits per heavy atom. The number of hydrogen-bond donors (Lipinski definition) is 2. The van der Waals surface area contributed by atoms with E-state index >= 15 is 0 Å². The van der Waals surface area contributed by atoms with Gasteiger partial charge in [-0.25, -0.2) is 4.79 Å². The van der Waals surface area contributed by atoms with E-state index in [4.69, 9.17) is 14.2 Å². The molecule has 0 spiro atoms. The molecule has 1 heterocycles. The number of hydrogen-bond acceptors (Lipinski definition) is 9. The molecule has 1 aliphatic heterocycles. The third-order valence-electron chi connectivity index (χ3n) is 11.8. The summed E-state index contributed by atoms with van der Waals surface area (Å²) in [7, 11) is 6.65. The number of rotatable bonds is 22. The Labute approximate surface area is 343 Å². The third kappa shape index (κ3) is 13.9. The topological polar surface area (TPSA) is 144 Å². The van der Waals surface area contributed by atoms with Crippen molar-refractivity contribution in [1.82, 2.24) is 20.4 Å². The highest BCUT2D eigenvalue weighted by molar-refractivity contribution is 5.90. The van der Waals surface area contributed by atoms with Gasteiger partial charge in [-0.1, -0.05) is 85.2 Å². The maximum atomic E-state index is 14.5. The molecule has 1 saturated heterocycles. The van der Waals surface area contributed by atoms with Gasteiger partial charge in [0, 0.05) is 46.1 Å². The summed E-state index contributed by atoms with van der Waals surface area (Å²) < 4.78 is 17.8. The Kier molecular flexibility index (Phi) is 19.8. The van der Waals surface area contributed by atoms with Crippen molar-refractivity contribution in [2.24, 2.45) is 29.6 Å². The first-order valence-electron chi connectivity index (χ1n) is 21.0. The number of carbonyl (C=O) groups excluding carboxylic acids is 5. The van der Waals surface area contributed by atoms with Gasteiger partial charge in [-0.05, 0) is 70.9 Å². The van der Waals surface area contributed by atoms with Gasteiger partial charge in [-0.15, -0.1) is 0 Å². The van der Waals surface area contributed by atoms with Gasteiger partial charge in [-0.2, -0.15) is 0 Å². The van der Waals surface area contributed by atoms with Gasteiger partial charge in [0.05, 0.1) is 42.7 Å². The number of ketones is 1. The second-order valence-electron chi connectivity index (χ2n) is 17.9. The normalized spacial score (nSPS) is 20.3. The van der Waals surface area contributed by atoms with Crippen molar-refractivity contribution in [3.8, 4) is 0 Å². The summed E-state index contributed by atoms with van der Waals surface area (Å²) in [4.78, 5) is 73.0. The molecule has 324 valence electrons. The van der Waals surface area contributed by atoms with Crippen molar-refractivity contribution in [2.75, 3.05) is 28.3 Å². The fourth-order valence-corrected chi connectivity index (χ4v) is 8.42. The van der Waals surface area contributed by atoms with E-state index in [9.17, 15) is 24.0 Å². The molecular formula is C45H76N4O8. The van der Waals surface area contributed by atoms with Gasteiger partial charge in [0.25, 0.3) is 0 Å². The summed E-state index contributed by atoms with van der Waals surface area (Å²) in [5.41, 5.74) is 0.135. The van der Waals surface area contributed by atoms with E-state index in [0.29, 0.717) is 6.42 Å². The molecule has 12 heteroatoms. The van der Waals surface area contributed by atoms with Crippen LogP contribution in [0.5, 0.6) is 0 Å². The zero-order valence-electron chi connectivity index (χ0n) is 37.7. The van der Waals surface area contributed by atoms with Gasteiger partial charge < -0.3 is 34.6 Å². The molecule has 3 amide bonds. The van der Waals surface area contributed by atoms with Gasteiger partial charge >= 0.3 is 5.97 Å². The molecule has 2 rings (SSSR count). The third-order valence-corrected chi connectivity index (χ3v) is 11.8. The van der Waals surface area contributed by atoms with Gasteiger partial charge in [0.2, 0.25) is 17.7 Å². The summed E-state index contributed by atoms with van der Waals surface area (Å²) in [5, 5.41) is 6.06. The largest absolute Gasteiger partial charge is 0.458 e. The molecule has 1 aliphatic rings. The number of nitrogens with one attached hydrogen (secondary N) is 2. The van der Waals surface area contributed by atoms with Crippen molar-refractivity contribution in [2.45, 2.75) is 163 Å². The number of nitrogens with zero attached hydrogens (tertiary/aromatic N) is 2. The van der Waals surface area contributed by atoms with Gasteiger partial charge in [-0.3, -0.25) is 19.2 Å². The second-order valence-corrected chi connectivity index (χ2v) is 17.9. The van der Waals surface area contributed by atoms with Crippen LogP contribution in [0, 0.1) is 29.6 Å². The lowest BCUT2D eigenvalue weighted by atomic mass is 9.84. The molecule has 57 heavy (non-hydrogen) atoms. The highest BCUT2D eigenvalue weighted by Gasteiger charge is 2.45. The van der Waals surface area contributed by atoms with E-state index in [1.807, 2.05) is 69.9 Å². The molecule has 12 nitrogen and oxygen atoms in total. The van der Waals surface area contributed by atoms with Crippen LogP contribution in [0.15, 0.2) is 30.3 Å². The Morgan fingerprint density at radius 3 is 2.02 bits per heavy atom. The van der Waals surface area contributed by atoms with Crippen LogP contribution in [0.3, 0.4) is 0 Å². The molecule has 1 fully saturated rings. The van der Waals surface area contributed by atoms with Crippen molar-refractivity contribution in [1.29, 1.82) is 0 Å². The molecule has 0 aliphatic carbocycles. The molecule has 10 atom stereocenters. The Hall–Kier alpha value is -3.35. The van der Waals surface area contributed by atoms with Crippen LogP contribution in [0.2, 0.25) is 0 Å². The number of likely N-dealkylation sites (tertiary alicyclic amines) is 1. The quantitative estimate of drug-likeness (QED) is 0.138. The van der Waals surface area contributed by atoms with E-state index in [0.717, 1.165) is 18.4 Å². The lowest BCUT2D eigenvalue weighted by Crippen LogP contribution is -2.56. The number of Topliss-reactive ketones (excluding diaryl/α,β-unsaturated/α-hetero) is 1. The van der Waals surface area contributed by atoms with Crippen molar-refractivity contribution in [3.05, 3.63) is 35.9 Å². The second kappa shape index (κ2) is 22.7. The van der Waals surface area contributed by atoms with Crippen LogP contribution in [0.4, 0.5) is 0 Å². The van der Waals surface area contributed by atoms with Crippen LogP contribution in [0.1, 0.15) is 114 Å². The van der Waals surface area contributed by atoms with Crippen molar-refractivity contribution < 1.29 is 38.2 Å².